The maximum Gasteiger partial charge on any atom is 0.260 e. The molecular weight excluding hydrogens is 354 g/mol. The van der Waals surface area contributed by atoms with Crippen molar-refractivity contribution in [2.45, 2.75) is 10.4 Å². The van der Waals surface area contributed by atoms with Crippen molar-refractivity contribution in [1.82, 2.24) is 14.5 Å². The number of halogens is 1. The average Bonchev–Trinajstić information content (AvgIpc) is 2.92. The quantitative estimate of drug-likeness (QED) is 0.789. The molecule has 1 amide bonds. The molecule has 1 aromatic heterocycles. The zero-order valence-corrected chi connectivity index (χ0v) is 14.5. The average molecular weight is 370 g/mol. The fourth-order valence-corrected chi connectivity index (χ4v) is 4.23. The van der Waals surface area contributed by atoms with Crippen LogP contribution in [0, 0.1) is 0 Å². The number of sulfone groups is 1. The summed E-state index contributed by atoms with van der Waals surface area (Å²) in [6.45, 7) is 0.160. The Balaban J connectivity index is 1.53. The molecule has 0 radical (unpaired) electrons. The monoisotopic (exact) mass is 369 g/mol. The highest BCUT2D eigenvalue weighted by Gasteiger charge is 2.42. The number of carbonyl (C=O) groups excluding carboxylic acids is 1. The lowest BCUT2D eigenvalue weighted by molar-refractivity contribution is -0.136. The van der Waals surface area contributed by atoms with Gasteiger partial charge in [0.15, 0.2) is 6.61 Å². The van der Waals surface area contributed by atoms with Crippen LogP contribution in [0.2, 0.25) is 5.02 Å². The summed E-state index contributed by atoms with van der Waals surface area (Å²) < 4.78 is 31.7. The third kappa shape index (κ3) is 3.25. The molecule has 9 heteroatoms. The van der Waals surface area contributed by atoms with Gasteiger partial charge in [0.2, 0.25) is 15.0 Å². The second kappa shape index (κ2) is 6.45. The molecule has 0 bridgehead atoms. The van der Waals surface area contributed by atoms with Crippen LogP contribution in [0.4, 0.5) is 0 Å². The van der Waals surface area contributed by atoms with E-state index in [9.17, 15) is 13.2 Å². The number of aryl methyl sites for hydroxylation is 1. The number of hydrogen-bond acceptors (Lipinski definition) is 5. The molecule has 0 unspecified atom stereocenters. The van der Waals surface area contributed by atoms with Gasteiger partial charge in [-0.1, -0.05) is 11.6 Å². The summed E-state index contributed by atoms with van der Waals surface area (Å²) in [5.74, 6) is 0.279. The van der Waals surface area contributed by atoms with E-state index < -0.39 is 15.1 Å². The van der Waals surface area contributed by atoms with Crippen molar-refractivity contribution in [3.63, 3.8) is 0 Å². The van der Waals surface area contributed by atoms with Crippen LogP contribution in [0.3, 0.4) is 0 Å². The first-order chi connectivity index (χ1) is 11.4. The van der Waals surface area contributed by atoms with Crippen LogP contribution >= 0.6 is 11.6 Å². The predicted octanol–water partition coefficient (Wildman–Crippen LogP) is 1.14. The summed E-state index contributed by atoms with van der Waals surface area (Å²) in [4.78, 5) is 17.4. The fourth-order valence-electron chi connectivity index (χ4n) is 2.38. The van der Waals surface area contributed by atoms with Gasteiger partial charge in [0, 0.05) is 37.6 Å². The smallest absolute Gasteiger partial charge is 0.260 e. The van der Waals surface area contributed by atoms with E-state index in [0.717, 1.165) is 0 Å². The Morgan fingerprint density at radius 1 is 1.33 bits per heavy atom. The zero-order valence-electron chi connectivity index (χ0n) is 12.9. The summed E-state index contributed by atoms with van der Waals surface area (Å²) in [6, 6.07) is 6.67. The van der Waals surface area contributed by atoms with Crippen LogP contribution < -0.4 is 4.74 Å². The van der Waals surface area contributed by atoms with Crippen molar-refractivity contribution in [3.8, 4) is 5.75 Å². The second-order valence-corrected chi connectivity index (χ2v) is 8.09. The molecule has 7 nitrogen and oxygen atoms in total. The maximum atomic E-state index is 12.4. The fraction of sp³-hybridized carbons (Fsp3) is 0.333. The number of aromatic nitrogens is 2. The van der Waals surface area contributed by atoms with Crippen LogP contribution in [-0.2, 0) is 21.7 Å². The number of likely N-dealkylation sites (tertiary alicyclic amines) is 1. The van der Waals surface area contributed by atoms with Gasteiger partial charge in [-0.05, 0) is 24.3 Å². The van der Waals surface area contributed by atoms with Gasteiger partial charge in [-0.15, -0.1) is 0 Å². The molecule has 1 aliphatic heterocycles. The zero-order chi connectivity index (χ0) is 17.3. The highest BCUT2D eigenvalue weighted by atomic mass is 35.5. The Morgan fingerprint density at radius 3 is 2.58 bits per heavy atom. The maximum absolute atomic E-state index is 12.4. The SMILES string of the molecule is Cn1ccnc1S(=O)(=O)C1CN(C(=O)COc2ccc(Cl)cc2)C1. The van der Waals surface area contributed by atoms with E-state index in [-0.39, 0.29) is 30.8 Å². The molecule has 0 aliphatic carbocycles. The van der Waals surface area contributed by atoms with Gasteiger partial charge in [-0.3, -0.25) is 4.79 Å². The highest BCUT2D eigenvalue weighted by molar-refractivity contribution is 7.92. The van der Waals surface area contributed by atoms with Gasteiger partial charge in [-0.25, -0.2) is 13.4 Å². The van der Waals surface area contributed by atoms with E-state index in [1.807, 2.05) is 0 Å². The molecule has 0 N–H and O–H groups in total. The van der Waals surface area contributed by atoms with Crippen molar-refractivity contribution in [3.05, 3.63) is 41.7 Å². The molecule has 2 aromatic rings. The van der Waals surface area contributed by atoms with Crippen LogP contribution in [0.1, 0.15) is 0 Å². The minimum Gasteiger partial charge on any atom is -0.484 e. The van der Waals surface area contributed by atoms with Gasteiger partial charge in [0.05, 0.1) is 0 Å². The first-order valence-electron chi connectivity index (χ1n) is 7.25. The molecule has 0 atom stereocenters. The van der Waals surface area contributed by atoms with Gasteiger partial charge >= 0.3 is 0 Å². The number of hydrogen-bond donors (Lipinski definition) is 0. The third-order valence-electron chi connectivity index (χ3n) is 3.85. The van der Waals surface area contributed by atoms with Crippen molar-refractivity contribution in [2.24, 2.45) is 7.05 Å². The van der Waals surface area contributed by atoms with Crippen LogP contribution in [0.25, 0.3) is 0 Å². The number of imidazole rings is 1. The number of carbonyl (C=O) groups is 1. The van der Waals surface area contributed by atoms with E-state index in [2.05, 4.69) is 4.98 Å². The van der Waals surface area contributed by atoms with Crippen molar-refractivity contribution >= 4 is 27.3 Å². The van der Waals surface area contributed by atoms with Crippen molar-refractivity contribution in [1.29, 1.82) is 0 Å². The lowest BCUT2D eigenvalue weighted by Crippen LogP contribution is -2.58. The molecule has 128 valence electrons. The predicted molar refractivity (Wildman–Crippen MR) is 87.7 cm³/mol. The van der Waals surface area contributed by atoms with Crippen molar-refractivity contribution in [2.75, 3.05) is 19.7 Å². The van der Waals surface area contributed by atoms with Crippen LogP contribution in [0.15, 0.2) is 41.8 Å². The molecular formula is C15H16ClN3O4S. The molecule has 1 saturated heterocycles. The summed E-state index contributed by atoms with van der Waals surface area (Å²) >= 11 is 5.77. The lowest BCUT2D eigenvalue weighted by Gasteiger charge is -2.38. The van der Waals surface area contributed by atoms with Crippen LogP contribution in [-0.4, -0.2) is 53.7 Å². The Bertz CT molecular complexity index is 842. The summed E-state index contributed by atoms with van der Waals surface area (Å²) in [7, 11) is -1.90. The molecule has 1 fully saturated rings. The van der Waals surface area contributed by atoms with E-state index in [4.69, 9.17) is 16.3 Å². The Labute approximate surface area is 144 Å². The van der Waals surface area contributed by atoms with Gasteiger partial charge in [0.1, 0.15) is 11.0 Å². The van der Waals surface area contributed by atoms with E-state index in [1.54, 1.807) is 37.5 Å². The number of ether oxygens (including phenoxy) is 1. The third-order valence-corrected chi connectivity index (χ3v) is 6.18. The van der Waals surface area contributed by atoms with Gasteiger partial charge in [-0.2, -0.15) is 0 Å². The normalized spacial score (nSPS) is 15.2. The van der Waals surface area contributed by atoms with Crippen LogP contribution in [0.5, 0.6) is 5.75 Å². The molecule has 0 spiro atoms. The second-order valence-electron chi connectivity index (χ2n) is 5.53. The molecule has 24 heavy (non-hydrogen) atoms. The molecule has 2 heterocycles. The van der Waals surface area contributed by atoms with E-state index in [1.165, 1.54) is 15.7 Å². The number of amides is 1. The highest BCUT2D eigenvalue weighted by Crippen LogP contribution is 2.23. The Hall–Kier alpha value is -2.06. The standard InChI is InChI=1S/C15H16ClN3O4S/c1-18-7-6-17-15(18)24(21,22)13-8-19(9-13)14(20)10-23-12-4-2-11(16)3-5-12/h2-7,13H,8-10H2,1H3. The molecule has 3 rings (SSSR count). The lowest BCUT2D eigenvalue weighted by atomic mass is 10.2. The number of benzene rings is 1. The summed E-state index contributed by atoms with van der Waals surface area (Å²) in [5, 5.41) is -0.0196. The largest absolute Gasteiger partial charge is 0.484 e. The Morgan fingerprint density at radius 2 is 2.00 bits per heavy atom. The summed E-state index contributed by atoms with van der Waals surface area (Å²) in [5.41, 5.74) is 0. The molecule has 1 aliphatic rings. The van der Waals surface area contributed by atoms with E-state index in [0.29, 0.717) is 10.8 Å². The first kappa shape index (κ1) is 16.8. The van der Waals surface area contributed by atoms with Crippen molar-refractivity contribution < 1.29 is 17.9 Å². The number of nitrogens with zero attached hydrogens (tertiary/aromatic N) is 3. The van der Waals surface area contributed by atoms with Gasteiger partial charge in [0.25, 0.3) is 5.91 Å². The topological polar surface area (TPSA) is 81.5 Å². The number of rotatable bonds is 5. The first-order valence-corrected chi connectivity index (χ1v) is 9.17. The van der Waals surface area contributed by atoms with Gasteiger partial charge < -0.3 is 14.2 Å². The molecule has 1 aromatic carbocycles. The minimum absolute atomic E-state index is 0.0250. The molecule has 0 saturated carbocycles. The van der Waals surface area contributed by atoms with E-state index >= 15 is 0 Å². The summed E-state index contributed by atoms with van der Waals surface area (Å²) in [6.07, 6.45) is 3.02. The Kier molecular flexibility index (Phi) is 4.51. The minimum atomic E-state index is -3.53.